The first kappa shape index (κ1) is 32.7. The third kappa shape index (κ3) is 9.41. The topological polar surface area (TPSA) is 96.0 Å². The molecule has 0 aromatic heterocycles. The van der Waals surface area contributed by atoms with Crippen molar-refractivity contribution in [3.63, 3.8) is 0 Å². The fourth-order valence-electron chi connectivity index (χ4n) is 4.74. The first-order valence-corrected chi connectivity index (χ1v) is 16.3. The summed E-state index contributed by atoms with van der Waals surface area (Å²) in [6, 6.07) is 31.9. The van der Waals surface area contributed by atoms with Crippen molar-refractivity contribution in [3.05, 3.63) is 136 Å². The second-order valence-electron chi connectivity index (χ2n) is 10.4. The standard InChI is InChI=1S/C34H36ClN3O5S/c1-43-30-19-17-28(18-20-30)24-38(33(39)25-37(44(2,41)42)23-27-13-7-4-8-14-27)32(21-26-11-5-3-6-12-26)34(40)36-22-29-15-9-10-16-31(29)35/h3-20,32H,21-25H2,1-2H3,(H,36,40)/t32-/m0/s1. The highest BCUT2D eigenvalue weighted by Crippen LogP contribution is 2.20. The van der Waals surface area contributed by atoms with Gasteiger partial charge in [-0.3, -0.25) is 9.59 Å². The number of nitrogens with one attached hydrogen (secondary N) is 1. The van der Waals surface area contributed by atoms with Crippen LogP contribution >= 0.6 is 11.6 Å². The third-order valence-corrected chi connectivity index (χ3v) is 8.74. The normalized spacial score (nSPS) is 12.0. The molecular formula is C34H36ClN3O5S. The number of carbonyl (C=O) groups excluding carboxylic acids is 2. The first-order chi connectivity index (χ1) is 21.1. The van der Waals surface area contributed by atoms with Crippen LogP contribution in [0.5, 0.6) is 5.75 Å². The van der Waals surface area contributed by atoms with Crippen LogP contribution in [-0.2, 0) is 45.7 Å². The second kappa shape index (κ2) is 15.5. The van der Waals surface area contributed by atoms with Crippen LogP contribution in [0, 0.1) is 0 Å². The predicted molar refractivity (Wildman–Crippen MR) is 172 cm³/mol. The highest BCUT2D eigenvalue weighted by molar-refractivity contribution is 7.88. The summed E-state index contributed by atoms with van der Waals surface area (Å²) in [6.45, 7) is -0.183. The molecule has 0 aliphatic rings. The van der Waals surface area contributed by atoms with E-state index in [-0.39, 0.29) is 32.0 Å². The van der Waals surface area contributed by atoms with Crippen LogP contribution in [0.1, 0.15) is 22.3 Å². The minimum atomic E-state index is -3.78. The monoisotopic (exact) mass is 633 g/mol. The zero-order chi connectivity index (χ0) is 31.5. The number of halogens is 1. The van der Waals surface area contributed by atoms with Crippen molar-refractivity contribution in [2.45, 2.75) is 32.1 Å². The lowest BCUT2D eigenvalue weighted by atomic mass is 10.0. The molecule has 0 saturated heterocycles. The van der Waals surface area contributed by atoms with Crippen molar-refractivity contribution in [3.8, 4) is 5.75 Å². The zero-order valence-corrected chi connectivity index (χ0v) is 26.3. The lowest BCUT2D eigenvalue weighted by Crippen LogP contribution is -2.53. The average Bonchev–Trinajstić information content (AvgIpc) is 3.02. The summed E-state index contributed by atoms with van der Waals surface area (Å²) >= 11 is 6.34. The van der Waals surface area contributed by atoms with Gasteiger partial charge in [-0.15, -0.1) is 0 Å². The molecule has 0 radical (unpaired) electrons. The average molecular weight is 634 g/mol. The Balaban J connectivity index is 1.69. The Kier molecular flexibility index (Phi) is 11.5. The van der Waals surface area contributed by atoms with Crippen molar-refractivity contribution < 1.29 is 22.7 Å². The number of methoxy groups -OCH3 is 1. The third-order valence-electron chi connectivity index (χ3n) is 7.18. The number of amides is 2. The Labute approximate surface area is 264 Å². The molecule has 1 atom stereocenters. The van der Waals surface area contributed by atoms with Gasteiger partial charge >= 0.3 is 0 Å². The van der Waals surface area contributed by atoms with Gasteiger partial charge in [-0.1, -0.05) is 103 Å². The van der Waals surface area contributed by atoms with Gasteiger partial charge in [-0.2, -0.15) is 4.31 Å². The maximum atomic E-state index is 14.2. The van der Waals surface area contributed by atoms with Gasteiger partial charge in [0.05, 0.1) is 19.9 Å². The Bertz CT molecular complexity index is 1630. The quantitative estimate of drug-likeness (QED) is 0.209. The Morgan fingerprint density at radius 3 is 1.95 bits per heavy atom. The molecule has 1 N–H and O–H groups in total. The van der Waals surface area contributed by atoms with Gasteiger partial charge in [0.15, 0.2) is 0 Å². The molecule has 0 aliphatic carbocycles. The molecule has 4 aromatic carbocycles. The number of sulfonamides is 1. The molecule has 4 aromatic rings. The summed E-state index contributed by atoms with van der Waals surface area (Å²) < 4.78 is 32.1. The molecule has 4 rings (SSSR count). The molecule has 10 heteroatoms. The van der Waals surface area contributed by atoms with Crippen molar-refractivity contribution in [2.24, 2.45) is 0 Å². The van der Waals surface area contributed by atoms with E-state index >= 15 is 0 Å². The van der Waals surface area contributed by atoms with Crippen LogP contribution in [0.15, 0.2) is 109 Å². The fraction of sp³-hybridized carbons (Fsp3) is 0.235. The van der Waals surface area contributed by atoms with Crippen LogP contribution in [0.2, 0.25) is 5.02 Å². The van der Waals surface area contributed by atoms with E-state index in [1.54, 1.807) is 37.4 Å². The summed E-state index contributed by atoms with van der Waals surface area (Å²) in [7, 11) is -2.21. The van der Waals surface area contributed by atoms with Crippen molar-refractivity contribution in [1.29, 1.82) is 0 Å². The first-order valence-electron chi connectivity index (χ1n) is 14.1. The van der Waals surface area contributed by atoms with Gasteiger partial charge in [0, 0.05) is 31.1 Å². The Morgan fingerprint density at radius 2 is 1.36 bits per heavy atom. The molecule has 2 amide bonds. The molecule has 0 spiro atoms. The van der Waals surface area contributed by atoms with E-state index in [2.05, 4.69) is 5.32 Å². The minimum Gasteiger partial charge on any atom is -0.497 e. The van der Waals surface area contributed by atoms with Crippen molar-refractivity contribution in [1.82, 2.24) is 14.5 Å². The molecule has 0 bridgehead atoms. The SMILES string of the molecule is COc1ccc(CN(C(=O)CN(Cc2ccccc2)S(C)(=O)=O)[C@@H](Cc2ccccc2)C(=O)NCc2ccccc2Cl)cc1. The number of nitrogens with zero attached hydrogens (tertiary/aromatic N) is 2. The van der Waals surface area contributed by atoms with E-state index in [0.717, 1.165) is 32.8 Å². The lowest BCUT2D eigenvalue weighted by molar-refractivity contribution is -0.141. The van der Waals surface area contributed by atoms with Crippen LogP contribution in [0.3, 0.4) is 0 Å². The highest BCUT2D eigenvalue weighted by Gasteiger charge is 2.33. The summed E-state index contributed by atoms with van der Waals surface area (Å²) in [6.07, 6.45) is 1.30. The Morgan fingerprint density at radius 1 is 0.795 bits per heavy atom. The predicted octanol–water partition coefficient (Wildman–Crippen LogP) is 5.07. The summed E-state index contributed by atoms with van der Waals surface area (Å²) in [4.78, 5) is 29.6. The summed E-state index contributed by atoms with van der Waals surface area (Å²) in [5.74, 6) is -0.239. The molecule has 0 saturated carbocycles. The molecule has 230 valence electrons. The van der Waals surface area contributed by atoms with Crippen LogP contribution in [0.25, 0.3) is 0 Å². The van der Waals surface area contributed by atoms with E-state index in [1.807, 2.05) is 78.9 Å². The molecule has 44 heavy (non-hydrogen) atoms. The van der Waals surface area contributed by atoms with Gasteiger partial charge in [-0.25, -0.2) is 8.42 Å². The molecule has 0 aliphatic heterocycles. The van der Waals surface area contributed by atoms with Crippen LogP contribution in [-0.4, -0.2) is 55.4 Å². The zero-order valence-electron chi connectivity index (χ0n) is 24.7. The molecule has 0 heterocycles. The van der Waals surface area contributed by atoms with Gasteiger partial charge < -0.3 is 15.0 Å². The van der Waals surface area contributed by atoms with Crippen LogP contribution < -0.4 is 10.1 Å². The minimum absolute atomic E-state index is 0.0177. The Hall–Kier alpha value is -4.18. The molecular weight excluding hydrogens is 598 g/mol. The van der Waals surface area contributed by atoms with E-state index in [1.165, 1.54) is 4.90 Å². The summed E-state index contributed by atoms with van der Waals surface area (Å²) in [5.41, 5.74) is 3.08. The van der Waals surface area contributed by atoms with E-state index in [0.29, 0.717) is 10.8 Å². The molecule has 0 fully saturated rings. The maximum absolute atomic E-state index is 14.2. The van der Waals surface area contributed by atoms with Gasteiger partial charge in [-0.05, 0) is 40.5 Å². The van der Waals surface area contributed by atoms with E-state index < -0.39 is 28.5 Å². The summed E-state index contributed by atoms with van der Waals surface area (Å²) in [5, 5.41) is 3.47. The number of rotatable bonds is 14. The van der Waals surface area contributed by atoms with Gasteiger partial charge in [0.25, 0.3) is 0 Å². The molecule has 8 nitrogen and oxygen atoms in total. The lowest BCUT2D eigenvalue weighted by Gasteiger charge is -2.33. The van der Waals surface area contributed by atoms with Crippen molar-refractivity contribution >= 4 is 33.4 Å². The van der Waals surface area contributed by atoms with Crippen LogP contribution in [0.4, 0.5) is 0 Å². The number of carbonyl (C=O) groups is 2. The fourth-order valence-corrected chi connectivity index (χ4v) is 5.67. The van der Waals surface area contributed by atoms with Crippen molar-refractivity contribution in [2.75, 3.05) is 19.9 Å². The van der Waals surface area contributed by atoms with Gasteiger partial charge in [0.2, 0.25) is 21.8 Å². The van der Waals surface area contributed by atoms with E-state index in [4.69, 9.17) is 16.3 Å². The smallest absolute Gasteiger partial charge is 0.243 e. The second-order valence-corrected chi connectivity index (χ2v) is 12.8. The van der Waals surface area contributed by atoms with E-state index in [9.17, 15) is 18.0 Å². The van der Waals surface area contributed by atoms with Gasteiger partial charge in [0.1, 0.15) is 11.8 Å². The maximum Gasteiger partial charge on any atom is 0.243 e. The number of hydrogen-bond donors (Lipinski definition) is 1. The molecule has 0 unspecified atom stereocenters. The number of benzene rings is 4. The largest absolute Gasteiger partial charge is 0.497 e. The highest BCUT2D eigenvalue weighted by atomic mass is 35.5. The number of hydrogen-bond acceptors (Lipinski definition) is 5. The number of ether oxygens (including phenoxy) is 1.